The Hall–Kier alpha value is -3.43. The summed E-state index contributed by atoms with van der Waals surface area (Å²) in [6.45, 7) is -0.411. The van der Waals surface area contributed by atoms with E-state index in [9.17, 15) is 13.2 Å². The second kappa shape index (κ2) is 9.60. The number of hydrogen-bond donors (Lipinski definition) is 1. The van der Waals surface area contributed by atoms with Crippen LogP contribution in [0.5, 0.6) is 5.75 Å². The lowest BCUT2D eigenvalue weighted by molar-refractivity contribution is -0.114. The van der Waals surface area contributed by atoms with Crippen LogP contribution >= 0.6 is 15.9 Å². The van der Waals surface area contributed by atoms with Gasteiger partial charge in [-0.3, -0.25) is 14.1 Å². The van der Waals surface area contributed by atoms with Gasteiger partial charge in [0.2, 0.25) is 5.91 Å². The Bertz CT molecular complexity index is 1390. The Morgan fingerprint density at radius 2 is 1.76 bits per heavy atom. The predicted molar refractivity (Wildman–Crippen MR) is 132 cm³/mol. The zero-order chi connectivity index (χ0) is 23.4. The molecule has 0 aliphatic rings. The maximum atomic E-state index is 13.8. The van der Waals surface area contributed by atoms with Crippen LogP contribution in [0.4, 0.5) is 11.4 Å². The molecule has 0 bridgehead atoms. The van der Waals surface area contributed by atoms with Crippen LogP contribution in [0.1, 0.15) is 0 Å². The fraction of sp³-hybridized carbons (Fsp3) is 0.0833. The number of benzene rings is 3. The fourth-order valence-corrected chi connectivity index (χ4v) is 5.27. The molecule has 9 heteroatoms. The van der Waals surface area contributed by atoms with Crippen molar-refractivity contribution in [1.82, 2.24) is 4.98 Å². The van der Waals surface area contributed by atoms with E-state index in [-0.39, 0.29) is 4.90 Å². The Balaban J connectivity index is 1.74. The molecule has 0 fully saturated rings. The number of sulfonamides is 1. The number of hydrogen-bond acceptors (Lipinski definition) is 5. The molecule has 168 valence electrons. The minimum Gasteiger partial charge on any atom is -0.497 e. The third-order valence-corrected chi connectivity index (χ3v) is 7.35. The van der Waals surface area contributed by atoms with Crippen LogP contribution < -0.4 is 14.4 Å². The molecule has 0 aliphatic heterocycles. The fourth-order valence-electron chi connectivity index (χ4n) is 3.36. The average molecular weight is 526 g/mol. The van der Waals surface area contributed by atoms with Crippen molar-refractivity contribution >= 4 is 54.0 Å². The van der Waals surface area contributed by atoms with Gasteiger partial charge in [0, 0.05) is 33.3 Å². The molecule has 0 spiro atoms. The summed E-state index contributed by atoms with van der Waals surface area (Å²) in [6, 6.07) is 20.2. The molecule has 1 aromatic heterocycles. The molecule has 1 amide bonds. The largest absolute Gasteiger partial charge is 0.497 e. The van der Waals surface area contributed by atoms with Crippen molar-refractivity contribution in [2.45, 2.75) is 4.90 Å². The molecule has 3 aromatic carbocycles. The second-order valence-electron chi connectivity index (χ2n) is 7.12. The van der Waals surface area contributed by atoms with Gasteiger partial charge in [0.25, 0.3) is 10.0 Å². The van der Waals surface area contributed by atoms with Crippen molar-refractivity contribution in [3.05, 3.63) is 89.7 Å². The molecule has 7 nitrogen and oxygen atoms in total. The summed E-state index contributed by atoms with van der Waals surface area (Å²) in [5.41, 5.74) is 0.902. The summed E-state index contributed by atoms with van der Waals surface area (Å²) in [4.78, 5) is 17.0. The second-order valence-corrected chi connectivity index (χ2v) is 9.86. The standard InChI is InChI=1S/C24H20BrN3O4S/c1-32-21-11-9-20(10-12-21)28(16-24(29)27-19-7-5-18(25)6-8-19)33(30,31)23-4-2-3-17-15-26-14-13-22(17)23/h2-15H,16H2,1H3,(H,27,29). The number of aromatic nitrogens is 1. The van der Waals surface area contributed by atoms with E-state index in [2.05, 4.69) is 26.2 Å². The Kier molecular flexibility index (Phi) is 6.62. The Labute approximate surface area is 200 Å². The van der Waals surface area contributed by atoms with Crippen LogP contribution in [0, 0.1) is 0 Å². The smallest absolute Gasteiger partial charge is 0.265 e. The molecule has 1 N–H and O–H groups in total. The lowest BCUT2D eigenvalue weighted by Gasteiger charge is -2.25. The Morgan fingerprint density at radius 1 is 1.03 bits per heavy atom. The molecule has 33 heavy (non-hydrogen) atoms. The average Bonchev–Trinajstić information content (AvgIpc) is 2.83. The number of rotatable bonds is 7. The van der Waals surface area contributed by atoms with Gasteiger partial charge in [0.1, 0.15) is 12.3 Å². The van der Waals surface area contributed by atoms with Crippen molar-refractivity contribution in [3.63, 3.8) is 0 Å². The van der Waals surface area contributed by atoms with E-state index in [1.807, 2.05) is 0 Å². The number of pyridine rings is 1. The van der Waals surface area contributed by atoms with Gasteiger partial charge in [-0.25, -0.2) is 8.42 Å². The van der Waals surface area contributed by atoms with E-state index in [1.54, 1.807) is 79.1 Å². The number of fused-ring (bicyclic) bond motifs is 1. The van der Waals surface area contributed by atoms with Gasteiger partial charge < -0.3 is 10.1 Å². The van der Waals surface area contributed by atoms with Gasteiger partial charge in [0.15, 0.2) is 0 Å². The predicted octanol–water partition coefficient (Wildman–Crippen LogP) is 4.84. The number of carbonyl (C=O) groups is 1. The summed E-state index contributed by atoms with van der Waals surface area (Å²) < 4.78 is 34.8. The normalized spacial score (nSPS) is 11.2. The van der Waals surface area contributed by atoms with E-state index in [4.69, 9.17) is 4.74 Å². The monoisotopic (exact) mass is 525 g/mol. The van der Waals surface area contributed by atoms with Crippen LogP contribution in [0.25, 0.3) is 10.8 Å². The molecule has 0 aliphatic carbocycles. The van der Waals surface area contributed by atoms with Gasteiger partial charge in [-0.05, 0) is 60.7 Å². The lowest BCUT2D eigenvalue weighted by atomic mass is 10.2. The van der Waals surface area contributed by atoms with E-state index in [1.165, 1.54) is 13.2 Å². The van der Waals surface area contributed by atoms with Crippen molar-refractivity contribution in [2.75, 3.05) is 23.3 Å². The molecule has 4 rings (SSSR count). The molecule has 1 heterocycles. The quantitative estimate of drug-likeness (QED) is 0.373. The van der Waals surface area contributed by atoms with Crippen molar-refractivity contribution in [2.24, 2.45) is 0 Å². The number of amides is 1. The minimum absolute atomic E-state index is 0.0923. The van der Waals surface area contributed by atoms with Crippen LogP contribution in [0.2, 0.25) is 0 Å². The maximum absolute atomic E-state index is 13.8. The zero-order valence-corrected chi connectivity index (χ0v) is 20.0. The van der Waals surface area contributed by atoms with E-state index >= 15 is 0 Å². The molecule has 4 aromatic rings. The summed E-state index contributed by atoms with van der Waals surface area (Å²) in [5.74, 6) is 0.102. The van der Waals surface area contributed by atoms with E-state index in [0.717, 1.165) is 8.78 Å². The molecule has 0 saturated heterocycles. The van der Waals surface area contributed by atoms with Crippen LogP contribution in [-0.2, 0) is 14.8 Å². The van der Waals surface area contributed by atoms with Crippen LogP contribution in [0.15, 0.2) is 94.6 Å². The highest BCUT2D eigenvalue weighted by atomic mass is 79.9. The van der Waals surface area contributed by atoms with Gasteiger partial charge in [-0.2, -0.15) is 0 Å². The highest BCUT2D eigenvalue weighted by molar-refractivity contribution is 9.10. The maximum Gasteiger partial charge on any atom is 0.265 e. The highest BCUT2D eigenvalue weighted by Crippen LogP contribution is 2.30. The van der Waals surface area contributed by atoms with Gasteiger partial charge in [0.05, 0.1) is 17.7 Å². The SMILES string of the molecule is COc1ccc(N(CC(=O)Nc2ccc(Br)cc2)S(=O)(=O)c2cccc3cnccc23)cc1. The zero-order valence-electron chi connectivity index (χ0n) is 17.6. The first-order valence-electron chi connectivity index (χ1n) is 9.93. The van der Waals surface area contributed by atoms with Crippen molar-refractivity contribution in [3.8, 4) is 5.75 Å². The van der Waals surface area contributed by atoms with Gasteiger partial charge in [-0.15, -0.1) is 0 Å². The van der Waals surface area contributed by atoms with Crippen LogP contribution in [-0.4, -0.2) is 33.0 Å². The summed E-state index contributed by atoms with van der Waals surface area (Å²) in [6.07, 6.45) is 3.14. The number of carbonyl (C=O) groups excluding carboxylic acids is 1. The van der Waals surface area contributed by atoms with E-state index < -0.39 is 22.5 Å². The summed E-state index contributed by atoms with van der Waals surface area (Å²) in [5, 5.41) is 3.97. The molecular weight excluding hydrogens is 506 g/mol. The molecule has 0 atom stereocenters. The minimum atomic E-state index is -4.10. The lowest BCUT2D eigenvalue weighted by Crippen LogP contribution is -2.38. The van der Waals surface area contributed by atoms with Gasteiger partial charge >= 0.3 is 0 Å². The third-order valence-electron chi connectivity index (χ3n) is 4.98. The van der Waals surface area contributed by atoms with Gasteiger partial charge in [-0.1, -0.05) is 28.1 Å². The summed E-state index contributed by atoms with van der Waals surface area (Å²) in [7, 11) is -2.57. The number of anilines is 2. The molecule has 0 unspecified atom stereocenters. The van der Waals surface area contributed by atoms with E-state index in [0.29, 0.717) is 27.9 Å². The molecule has 0 saturated carbocycles. The molecular formula is C24H20BrN3O4S. The number of nitrogens with one attached hydrogen (secondary N) is 1. The first kappa shape index (κ1) is 22.8. The first-order chi connectivity index (χ1) is 15.9. The highest BCUT2D eigenvalue weighted by Gasteiger charge is 2.29. The number of nitrogens with zero attached hydrogens (tertiary/aromatic N) is 2. The van der Waals surface area contributed by atoms with Crippen molar-refractivity contribution in [1.29, 1.82) is 0 Å². The number of ether oxygens (including phenoxy) is 1. The third kappa shape index (κ3) is 4.99. The van der Waals surface area contributed by atoms with Crippen LogP contribution in [0.3, 0.4) is 0 Å². The molecule has 0 radical (unpaired) electrons. The number of halogens is 1. The van der Waals surface area contributed by atoms with Crippen molar-refractivity contribution < 1.29 is 17.9 Å². The first-order valence-corrected chi connectivity index (χ1v) is 12.2. The number of methoxy groups -OCH3 is 1. The summed E-state index contributed by atoms with van der Waals surface area (Å²) >= 11 is 3.35. The Morgan fingerprint density at radius 3 is 2.45 bits per heavy atom. The topological polar surface area (TPSA) is 88.6 Å².